The van der Waals surface area contributed by atoms with Gasteiger partial charge in [0.2, 0.25) is 0 Å². The Morgan fingerprint density at radius 2 is 1.90 bits per heavy atom. The second-order valence-electron chi connectivity index (χ2n) is 4.26. The van der Waals surface area contributed by atoms with Gasteiger partial charge in [-0.2, -0.15) is 0 Å². The Kier molecular flexibility index (Phi) is 4.14. The van der Waals surface area contributed by atoms with Gasteiger partial charge in [0.15, 0.2) is 5.82 Å². The van der Waals surface area contributed by atoms with Crippen molar-refractivity contribution in [2.45, 2.75) is 6.42 Å². The molecule has 0 amide bonds. The van der Waals surface area contributed by atoms with Crippen LogP contribution in [0.2, 0.25) is 0 Å². The summed E-state index contributed by atoms with van der Waals surface area (Å²) >= 11 is 0. The van der Waals surface area contributed by atoms with Crippen molar-refractivity contribution in [1.29, 1.82) is 0 Å². The Bertz CT molecular complexity index is 614. The van der Waals surface area contributed by atoms with Gasteiger partial charge in [0.05, 0.1) is 16.7 Å². The number of rotatable bonds is 5. The number of anilines is 1. The number of nitro benzene ring substituents is 1. The first-order chi connectivity index (χ1) is 9.56. The van der Waals surface area contributed by atoms with E-state index in [1.807, 2.05) is 0 Å². The Morgan fingerprint density at radius 1 is 1.20 bits per heavy atom. The molecule has 20 heavy (non-hydrogen) atoms. The number of aromatic hydroxyl groups is 1. The molecule has 2 aromatic carbocycles. The molecule has 0 radical (unpaired) electrons. The van der Waals surface area contributed by atoms with Crippen molar-refractivity contribution in [1.82, 2.24) is 0 Å². The fraction of sp³-hybridized carbons (Fsp3) is 0.143. The quantitative estimate of drug-likeness (QED) is 0.650. The topological polar surface area (TPSA) is 75.4 Å². The second kappa shape index (κ2) is 6.01. The van der Waals surface area contributed by atoms with Crippen LogP contribution in [0.3, 0.4) is 0 Å². The minimum absolute atomic E-state index is 0.197. The molecule has 0 heterocycles. The average molecular weight is 276 g/mol. The summed E-state index contributed by atoms with van der Waals surface area (Å²) in [5, 5.41) is 22.5. The zero-order valence-corrected chi connectivity index (χ0v) is 10.5. The van der Waals surface area contributed by atoms with Crippen LogP contribution in [0.25, 0.3) is 0 Å². The third-order valence-corrected chi connectivity index (χ3v) is 2.83. The van der Waals surface area contributed by atoms with Gasteiger partial charge in [0, 0.05) is 12.6 Å². The third kappa shape index (κ3) is 3.44. The Hall–Kier alpha value is -2.63. The van der Waals surface area contributed by atoms with E-state index in [9.17, 15) is 14.5 Å². The number of nitrogens with one attached hydrogen (secondary N) is 1. The lowest BCUT2D eigenvalue weighted by atomic mass is 10.1. The summed E-state index contributed by atoms with van der Waals surface area (Å²) in [6.45, 7) is 0.486. The van der Waals surface area contributed by atoms with Crippen LogP contribution in [0, 0.1) is 15.9 Å². The number of hydrogen-bond acceptors (Lipinski definition) is 4. The molecule has 2 rings (SSSR count). The molecule has 5 nitrogen and oxygen atoms in total. The van der Waals surface area contributed by atoms with Gasteiger partial charge in [-0.1, -0.05) is 12.1 Å². The highest BCUT2D eigenvalue weighted by molar-refractivity contribution is 5.50. The molecule has 104 valence electrons. The molecule has 0 aliphatic rings. The molecule has 0 saturated heterocycles. The monoisotopic (exact) mass is 276 g/mol. The molecule has 2 aromatic rings. The molecule has 0 saturated carbocycles. The summed E-state index contributed by atoms with van der Waals surface area (Å²) in [6.07, 6.45) is 0.650. The fourth-order valence-electron chi connectivity index (χ4n) is 1.77. The van der Waals surface area contributed by atoms with Crippen molar-refractivity contribution >= 4 is 11.4 Å². The van der Waals surface area contributed by atoms with Crippen LogP contribution >= 0.6 is 0 Å². The molecule has 0 fully saturated rings. The van der Waals surface area contributed by atoms with Gasteiger partial charge in [0.1, 0.15) is 5.75 Å². The van der Waals surface area contributed by atoms with Gasteiger partial charge >= 0.3 is 0 Å². The van der Waals surface area contributed by atoms with Crippen LogP contribution in [-0.2, 0) is 6.42 Å². The lowest BCUT2D eigenvalue weighted by Gasteiger charge is -2.07. The minimum atomic E-state index is -0.648. The van der Waals surface area contributed by atoms with Crippen LogP contribution in [0.4, 0.5) is 15.8 Å². The Labute approximate surface area is 114 Å². The second-order valence-corrected chi connectivity index (χ2v) is 4.26. The van der Waals surface area contributed by atoms with Crippen molar-refractivity contribution in [3.63, 3.8) is 0 Å². The summed E-state index contributed by atoms with van der Waals surface area (Å²) in [4.78, 5) is 9.85. The number of phenolic OH excluding ortho intramolecular Hbond substituents is 1. The van der Waals surface area contributed by atoms with Gasteiger partial charge in [0.25, 0.3) is 5.69 Å². The first-order valence-electron chi connectivity index (χ1n) is 6.02. The van der Waals surface area contributed by atoms with Gasteiger partial charge in [-0.3, -0.25) is 10.1 Å². The highest BCUT2D eigenvalue weighted by atomic mass is 19.1. The predicted molar refractivity (Wildman–Crippen MR) is 73.4 cm³/mol. The SMILES string of the molecule is O=[N+]([O-])c1ccc(NCCc2ccc(O)cc2)c(F)c1. The van der Waals surface area contributed by atoms with Crippen molar-refractivity contribution in [3.05, 3.63) is 64.0 Å². The zero-order valence-electron chi connectivity index (χ0n) is 10.5. The number of nitro groups is 1. The molecule has 2 N–H and O–H groups in total. The van der Waals surface area contributed by atoms with E-state index in [1.54, 1.807) is 24.3 Å². The molecule has 6 heteroatoms. The lowest BCUT2D eigenvalue weighted by molar-refractivity contribution is -0.385. The number of non-ortho nitro benzene ring substituents is 1. The summed E-state index contributed by atoms with van der Waals surface area (Å²) in [7, 11) is 0. The predicted octanol–water partition coefficient (Wildman–Crippen LogP) is 3.09. The van der Waals surface area contributed by atoms with Crippen LogP contribution in [-0.4, -0.2) is 16.6 Å². The molecule has 0 unspecified atom stereocenters. The minimum Gasteiger partial charge on any atom is -0.508 e. The molecular weight excluding hydrogens is 263 g/mol. The first-order valence-corrected chi connectivity index (χ1v) is 6.02. The van der Waals surface area contributed by atoms with E-state index in [2.05, 4.69) is 5.32 Å². The third-order valence-electron chi connectivity index (χ3n) is 2.83. The van der Waals surface area contributed by atoms with Gasteiger partial charge < -0.3 is 10.4 Å². The number of hydrogen-bond donors (Lipinski definition) is 2. The van der Waals surface area contributed by atoms with Gasteiger partial charge in [-0.25, -0.2) is 4.39 Å². The summed E-state index contributed by atoms with van der Waals surface area (Å²) < 4.78 is 13.6. The van der Waals surface area contributed by atoms with E-state index in [0.717, 1.165) is 11.6 Å². The largest absolute Gasteiger partial charge is 0.508 e. The summed E-state index contributed by atoms with van der Waals surface area (Å²) in [5.41, 5.74) is 0.957. The van der Waals surface area contributed by atoms with Crippen LogP contribution < -0.4 is 5.32 Å². The highest BCUT2D eigenvalue weighted by Gasteiger charge is 2.10. The van der Waals surface area contributed by atoms with E-state index in [-0.39, 0.29) is 17.1 Å². The van der Waals surface area contributed by atoms with E-state index >= 15 is 0 Å². The summed E-state index contributed by atoms with van der Waals surface area (Å²) in [6, 6.07) is 10.2. The van der Waals surface area contributed by atoms with Crippen molar-refractivity contribution < 1.29 is 14.4 Å². The zero-order chi connectivity index (χ0) is 14.5. The number of halogens is 1. The van der Waals surface area contributed by atoms with Crippen LogP contribution in [0.5, 0.6) is 5.75 Å². The van der Waals surface area contributed by atoms with Crippen molar-refractivity contribution in [2.24, 2.45) is 0 Å². The molecule has 0 spiro atoms. The summed E-state index contributed by atoms with van der Waals surface area (Å²) in [5.74, 6) is -0.451. The van der Waals surface area contributed by atoms with E-state index in [4.69, 9.17) is 5.11 Å². The Balaban J connectivity index is 1.94. The van der Waals surface area contributed by atoms with E-state index < -0.39 is 10.7 Å². The van der Waals surface area contributed by atoms with E-state index in [1.165, 1.54) is 12.1 Å². The molecule has 0 bridgehead atoms. The maximum atomic E-state index is 13.6. The van der Waals surface area contributed by atoms with Gasteiger partial charge in [-0.15, -0.1) is 0 Å². The maximum Gasteiger partial charge on any atom is 0.272 e. The average Bonchev–Trinajstić information content (AvgIpc) is 2.42. The van der Waals surface area contributed by atoms with Crippen LogP contribution in [0.1, 0.15) is 5.56 Å². The Morgan fingerprint density at radius 3 is 2.50 bits per heavy atom. The fourth-order valence-corrected chi connectivity index (χ4v) is 1.77. The van der Waals surface area contributed by atoms with Gasteiger partial charge in [-0.05, 0) is 30.2 Å². The van der Waals surface area contributed by atoms with E-state index in [0.29, 0.717) is 13.0 Å². The first kappa shape index (κ1) is 13.8. The maximum absolute atomic E-state index is 13.6. The molecule has 0 atom stereocenters. The molecule has 0 aromatic heterocycles. The van der Waals surface area contributed by atoms with Crippen molar-refractivity contribution in [3.8, 4) is 5.75 Å². The highest BCUT2D eigenvalue weighted by Crippen LogP contribution is 2.20. The normalized spacial score (nSPS) is 10.2. The standard InChI is InChI=1S/C14H13FN2O3/c15-13-9-11(17(19)20)3-6-14(13)16-8-7-10-1-4-12(18)5-2-10/h1-6,9,16,18H,7-8H2. The smallest absolute Gasteiger partial charge is 0.272 e. The molecular formula is C14H13FN2O3. The molecule has 0 aliphatic heterocycles. The number of nitrogens with zero attached hydrogens (tertiary/aromatic N) is 1. The van der Waals surface area contributed by atoms with Crippen LogP contribution in [0.15, 0.2) is 42.5 Å². The number of benzene rings is 2. The lowest BCUT2D eigenvalue weighted by Crippen LogP contribution is -2.06. The molecule has 0 aliphatic carbocycles. The number of phenols is 1. The van der Waals surface area contributed by atoms with Crippen molar-refractivity contribution in [2.75, 3.05) is 11.9 Å².